The lowest BCUT2D eigenvalue weighted by molar-refractivity contribution is 0.750. The second kappa shape index (κ2) is 6.12. The van der Waals surface area contributed by atoms with E-state index >= 15 is 0 Å². The summed E-state index contributed by atoms with van der Waals surface area (Å²) in [6.07, 6.45) is 2.31. The molecular weight excluding hydrogens is 260 g/mol. The molecule has 1 aliphatic rings. The van der Waals surface area contributed by atoms with E-state index in [0.29, 0.717) is 0 Å². The molecule has 0 aliphatic carbocycles. The number of rotatable bonds is 3. The summed E-state index contributed by atoms with van der Waals surface area (Å²) in [5, 5.41) is 3.28. The summed E-state index contributed by atoms with van der Waals surface area (Å²) in [5.74, 6) is 2.76. The first-order valence-electron chi connectivity index (χ1n) is 7.67. The van der Waals surface area contributed by atoms with Crippen molar-refractivity contribution in [2.75, 3.05) is 23.3 Å². The van der Waals surface area contributed by atoms with E-state index in [2.05, 4.69) is 57.4 Å². The van der Waals surface area contributed by atoms with Gasteiger partial charge in [-0.1, -0.05) is 24.3 Å². The average Bonchev–Trinajstić information content (AvgIpc) is 2.69. The van der Waals surface area contributed by atoms with Crippen LogP contribution < -0.4 is 10.2 Å². The van der Waals surface area contributed by atoms with E-state index in [1.165, 1.54) is 11.1 Å². The van der Waals surface area contributed by atoms with Gasteiger partial charge >= 0.3 is 0 Å². The molecule has 4 heteroatoms. The molecule has 4 nitrogen and oxygen atoms in total. The molecule has 110 valence electrons. The fraction of sp³-hybridized carbons (Fsp3) is 0.412. The number of benzene rings is 1. The SMILES string of the molecule is CCNc1cc(N2CCCc3ccccc3C2)nc(C)n1. The Balaban J connectivity index is 1.90. The molecule has 1 N–H and O–H groups in total. The van der Waals surface area contributed by atoms with E-state index in [9.17, 15) is 0 Å². The normalized spacial score (nSPS) is 14.5. The van der Waals surface area contributed by atoms with Crippen LogP contribution in [-0.2, 0) is 13.0 Å². The Kier molecular flexibility index (Phi) is 4.04. The Bertz CT molecular complexity index is 624. The molecule has 0 amide bonds. The Hall–Kier alpha value is -2.10. The molecule has 1 aromatic heterocycles. The molecule has 1 aromatic carbocycles. The molecule has 0 fully saturated rings. The lowest BCUT2D eigenvalue weighted by Crippen LogP contribution is -2.24. The molecule has 1 aliphatic heterocycles. The second-order valence-corrected chi connectivity index (χ2v) is 5.48. The molecule has 2 aromatic rings. The zero-order valence-electron chi connectivity index (χ0n) is 12.8. The van der Waals surface area contributed by atoms with Crippen LogP contribution >= 0.6 is 0 Å². The summed E-state index contributed by atoms with van der Waals surface area (Å²) in [6, 6.07) is 10.8. The third-order valence-corrected chi connectivity index (χ3v) is 3.86. The number of anilines is 2. The van der Waals surface area contributed by atoms with E-state index in [0.717, 1.165) is 49.9 Å². The third-order valence-electron chi connectivity index (χ3n) is 3.86. The van der Waals surface area contributed by atoms with Crippen LogP contribution in [-0.4, -0.2) is 23.1 Å². The van der Waals surface area contributed by atoms with E-state index < -0.39 is 0 Å². The molecule has 0 atom stereocenters. The van der Waals surface area contributed by atoms with Crippen LogP contribution in [0, 0.1) is 6.92 Å². The van der Waals surface area contributed by atoms with Crippen molar-refractivity contribution in [2.45, 2.75) is 33.2 Å². The van der Waals surface area contributed by atoms with Gasteiger partial charge in [0.25, 0.3) is 0 Å². The Labute approximate surface area is 126 Å². The summed E-state index contributed by atoms with van der Waals surface area (Å²) >= 11 is 0. The number of aromatic nitrogens is 2. The van der Waals surface area contributed by atoms with Crippen LogP contribution in [0.5, 0.6) is 0 Å². The highest BCUT2D eigenvalue weighted by Crippen LogP contribution is 2.24. The minimum absolute atomic E-state index is 0.820. The van der Waals surface area contributed by atoms with Crippen LogP contribution in [0.25, 0.3) is 0 Å². The number of nitrogens with zero attached hydrogens (tertiary/aromatic N) is 3. The van der Waals surface area contributed by atoms with Gasteiger partial charge in [0.05, 0.1) is 0 Å². The van der Waals surface area contributed by atoms with E-state index in [1.807, 2.05) is 6.92 Å². The van der Waals surface area contributed by atoms with Crippen molar-refractivity contribution in [3.05, 3.63) is 47.3 Å². The van der Waals surface area contributed by atoms with E-state index in [-0.39, 0.29) is 0 Å². The van der Waals surface area contributed by atoms with Crippen molar-refractivity contribution < 1.29 is 0 Å². The van der Waals surface area contributed by atoms with E-state index in [4.69, 9.17) is 0 Å². The van der Waals surface area contributed by atoms with Crippen molar-refractivity contribution in [3.63, 3.8) is 0 Å². The fourth-order valence-corrected chi connectivity index (χ4v) is 2.88. The first-order valence-corrected chi connectivity index (χ1v) is 7.67. The van der Waals surface area contributed by atoms with Crippen molar-refractivity contribution in [1.82, 2.24) is 9.97 Å². The Morgan fingerprint density at radius 2 is 2.00 bits per heavy atom. The van der Waals surface area contributed by atoms with Gasteiger partial charge in [-0.3, -0.25) is 0 Å². The molecule has 2 heterocycles. The molecule has 0 radical (unpaired) electrons. The molecule has 0 spiro atoms. The maximum absolute atomic E-state index is 4.63. The topological polar surface area (TPSA) is 41.0 Å². The quantitative estimate of drug-likeness (QED) is 0.939. The van der Waals surface area contributed by atoms with Gasteiger partial charge in [-0.15, -0.1) is 0 Å². The summed E-state index contributed by atoms with van der Waals surface area (Å²) in [6.45, 7) is 6.88. The highest BCUT2D eigenvalue weighted by atomic mass is 15.2. The maximum Gasteiger partial charge on any atom is 0.134 e. The van der Waals surface area contributed by atoms with Crippen molar-refractivity contribution in [2.24, 2.45) is 0 Å². The van der Waals surface area contributed by atoms with Gasteiger partial charge in [0.2, 0.25) is 0 Å². The largest absolute Gasteiger partial charge is 0.370 e. The molecule has 0 unspecified atom stereocenters. The van der Waals surface area contributed by atoms with Crippen LogP contribution in [0.3, 0.4) is 0 Å². The minimum atomic E-state index is 0.820. The molecule has 0 saturated heterocycles. The fourth-order valence-electron chi connectivity index (χ4n) is 2.88. The monoisotopic (exact) mass is 282 g/mol. The summed E-state index contributed by atoms with van der Waals surface area (Å²) in [4.78, 5) is 11.4. The van der Waals surface area contributed by atoms with Crippen molar-refractivity contribution in [1.29, 1.82) is 0 Å². The van der Waals surface area contributed by atoms with Crippen LogP contribution in [0.2, 0.25) is 0 Å². The zero-order chi connectivity index (χ0) is 14.7. The van der Waals surface area contributed by atoms with Crippen molar-refractivity contribution >= 4 is 11.6 Å². The number of hydrogen-bond acceptors (Lipinski definition) is 4. The smallest absolute Gasteiger partial charge is 0.134 e. The maximum atomic E-state index is 4.63. The summed E-state index contributed by atoms with van der Waals surface area (Å²) in [7, 11) is 0. The van der Waals surface area contributed by atoms with Gasteiger partial charge in [-0.05, 0) is 37.8 Å². The van der Waals surface area contributed by atoms with Crippen LogP contribution in [0.1, 0.15) is 30.3 Å². The lowest BCUT2D eigenvalue weighted by Gasteiger charge is -2.23. The summed E-state index contributed by atoms with van der Waals surface area (Å²) < 4.78 is 0. The molecular formula is C17H22N4. The van der Waals surface area contributed by atoms with Gasteiger partial charge < -0.3 is 10.2 Å². The van der Waals surface area contributed by atoms with Gasteiger partial charge in [0.15, 0.2) is 0 Å². The number of fused-ring (bicyclic) bond motifs is 1. The molecule has 21 heavy (non-hydrogen) atoms. The van der Waals surface area contributed by atoms with Crippen molar-refractivity contribution in [3.8, 4) is 0 Å². The van der Waals surface area contributed by atoms with Gasteiger partial charge in [-0.2, -0.15) is 0 Å². The predicted molar refractivity (Wildman–Crippen MR) is 86.7 cm³/mol. The summed E-state index contributed by atoms with van der Waals surface area (Å²) in [5.41, 5.74) is 2.88. The number of hydrogen-bond donors (Lipinski definition) is 1. The van der Waals surface area contributed by atoms with E-state index in [1.54, 1.807) is 0 Å². The predicted octanol–water partition coefficient (Wildman–Crippen LogP) is 3.17. The molecule has 0 bridgehead atoms. The lowest BCUT2D eigenvalue weighted by atomic mass is 10.0. The first kappa shape index (κ1) is 13.9. The average molecular weight is 282 g/mol. The highest BCUT2D eigenvalue weighted by molar-refractivity contribution is 5.50. The number of aryl methyl sites for hydroxylation is 2. The standard InChI is InChI=1S/C17H22N4/c1-3-18-16-11-17(20-13(2)19-16)21-10-6-9-14-7-4-5-8-15(14)12-21/h4-5,7-8,11H,3,6,9-10,12H2,1-2H3,(H,18,19,20). The van der Waals surface area contributed by atoms with Gasteiger partial charge in [0, 0.05) is 25.7 Å². The Morgan fingerprint density at radius 3 is 2.81 bits per heavy atom. The van der Waals surface area contributed by atoms with Gasteiger partial charge in [-0.25, -0.2) is 9.97 Å². The minimum Gasteiger partial charge on any atom is -0.370 e. The molecule has 0 saturated carbocycles. The Morgan fingerprint density at radius 1 is 1.19 bits per heavy atom. The highest BCUT2D eigenvalue weighted by Gasteiger charge is 2.16. The first-order chi connectivity index (χ1) is 10.3. The third kappa shape index (κ3) is 3.15. The van der Waals surface area contributed by atoms with Crippen LogP contribution in [0.4, 0.5) is 11.6 Å². The zero-order valence-corrected chi connectivity index (χ0v) is 12.8. The van der Waals surface area contributed by atoms with Gasteiger partial charge in [0.1, 0.15) is 17.5 Å². The molecule has 3 rings (SSSR count). The number of nitrogens with one attached hydrogen (secondary N) is 1. The van der Waals surface area contributed by atoms with Crippen LogP contribution in [0.15, 0.2) is 30.3 Å². The second-order valence-electron chi connectivity index (χ2n) is 5.48.